The van der Waals surface area contributed by atoms with E-state index in [0.29, 0.717) is 22.3 Å². The molecule has 4 heteroatoms. The Morgan fingerprint density at radius 2 is 1.33 bits per heavy atom. The summed E-state index contributed by atoms with van der Waals surface area (Å²) in [6, 6.07) is 42.6. The molecule has 3 nitrogen and oxygen atoms in total. The molecule has 206 valence electrons. The van der Waals surface area contributed by atoms with Crippen LogP contribution in [-0.2, 0) is 0 Å². The number of furan rings is 1. The number of fused-ring (bicyclic) bond motifs is 3. The van der Waals surface area contributed by atoms with Crippen molar-refractivity contribution in [3.05, 3.63) is 144 Å². The lowest BCUT2D eigenvalue weighted by atomic mass is 9.97. The smallest absolute Gasteiger partial charge is 0.153 e. The van der Waals surface area contributed by atoms with E-state index >= 15 is 0 Å². The van der Waals surface area contributed by atoms with Crippen molar-refractivity contribution in [2.75, 3.05) is 0 Å². The Morgan fingerprint density at radius 1 is 0.674 bits per heavy atom. The van der Waals surface area contributed by atoms with Crippen LogP contribution in [0.5, 0.6) is 0 Å². The molecule has 43 heavy (non-hydrogen) atoms. The zero-order valence-electron chi connectivity index (χ0n) is 29.4. The first-order chi connectivity index (χ1) is 23.4. The first kappa shape index (κ1) is 20.6. The molecular formula is C39H30N2OSi. The molecule has 0 unspecified atom stereocenters. The van der Waals surface area contributed by atoms with E-state index in [0.717, 1.165) is 28.1 Å². The van der Waals surface area contributed by atoms with Crippen molar-refractivity contribution in [2.45, 2.75) is 20.3 Å². The molecule has 0 atom stereocenters. The van der Waals surface area contributed by atoms with E-state index in [-0.39, 0.29) is 16.8 Å². The summed E-state index contributed by atoms with van der Waals surface area (Å²) in [6.45, 7) is -2.94. The van der Waals surface area contributed by atoms with Crippen molar-refractivity contribution >= 4 is 45.6 Å². The number of aromatic nitrogens is 1. The van der Waals surface area contributed by atoms with E-state index in [4.69, 9.17) is 12.6 Å². The van der Waals surface area contributed by atoms with Crippen LogP contribution in [0.3, 0.4) is 0 Å². The predicted octanol–water partition coefficient (Wildman–Crippen LogP) is 7.90. The Hall–Kier alpha value is -5.24. The topological polar surface area (TPSA) is 49.8 Å². The first-order valence-electron chi connectivity index (χ1n) is 17.0. The fourth-order valence-corrected chi connectivity index (χ4v) is 9.60. The largest absolute Gasteiger partial charge is 0.454 e. The molecule has 0 saturated heterocycles. The standard InChI is InChI=1S/C39H30N2OSi/c1-26-23-37(41-25-27(26)2)35-16-10-15-33-34-22-21-32(36(24-40)39(34)42-38(33)35)28-17-19-31(20-18-28)43(3,29-11-6-4-7-12-29)30-13-8-5-9-14-30/h4-23,25H,1-3H3/i1D3,2D3. The second kappa shape index (κ2) is 10.5. The number of pyridine rings is 1. The van der Waals surface area contributed by atoms with Gasteiger partial charge in [0, 0.05) is 36.3 Å². The normalized spacial score (nSPS) is 14.2. The number of nitriles is 1. The van der Waals surface area contributed by atoms with E-state index in [1.54, 1.807) is 12.1 Å². The van der Waals surface area contributed by atoms with Crippen molar-refractivity contribution in [1.82, 2.24) is 4.98 Å². The third-order valence-corrected chi connectivity index (χ3v) is 12.9. The molecule has 2 aromatic heterocycles. The summed E-state index contributed by atoms with van der Waals surface area (Å²) >= 11 is 0. The fraction of sp³-hybridized carbons (Fsp3) is 0.0769. The highest BCUT2D eigenvalue weighted by molar-refractivity contribution is 7.10. The molecule has 0 saturated carbocycles. The minimum absolute atomic E-state index is 0.266. The van der Waals surface area contributed by atoms with Gasteiger partial charge in [0.1, 0.15) is 25.3 Å². The lowest BCUT2D eigenvalue weighted by Gasteiger charge is -2.29. The third-order valence-electron chi connectivity index (χ3n) is 8.43. The van der Waals surface area contributed by atoms with Gasteiger partial charge in [0.25, 0.3) is 0 Å². The SMILES string of the molecule is [2H]C([2H])([2H])c1cnc(-c2cccc3c2oc2c(C#N)c(-c4ccc([Si](C)(c5ccccc5)c5ccccc5)cc4)ccc23)cc1C([2H])([2H])[2H]. The number of para-hydroxylation sites is 1. The average Bonchev–Trinajstić information content (AvgIpc) is 3.50. The molecule has 0 radical (unpaired) electrons. The molecule has 0 bridgehead atoms. The number of hydrogen-bond acceptors (Lipinski definition) is 3. The second-order valence-electron chi connectivity index (χ2n) is 10.8. The van der Waals surface area contributed by atoms with E-state index in [1.807, 2.05) is 30.3 Å². The number of benzene rings is 5. The Labute approximate surface area is 261 Å². The van der Waals surface area contributed by atoms with Gasteiger partial charge in [0.15, 0.2) is 5.58 Å². The molecule has 0 fully saturated rings. The van der Waals surface area contributed by atoms with Crippen molar-refractivity contribution in [3.63, 3.8) is 0 Å². The van der Waals surface area contributed by atoms with Gasteiger partial charge < -0.3 is 4.42 Å². The molecule has 5 aromatic carbocycles. The van der Waals surface area contributed by atoms with E-state index in [9.17, 15) is 5.26 Å². The lowest BCUT2D eigenvalue weighted by Crippen LogP contribution is -2.64. The average molecular weight is 577 g/mol. The van der Waals surface area contributed by atoms with Crippen LogP contribution in [0, 0.1) is 25.0 Å². The monoisotopic (exact) mass is 576 g/mol. The van der Waals surface area contributed by atoms with Gasteiger partial charge in [0.2, 0.25) is 0 Å². The van der Waals surface area contributed by atoms with Crippen LogP contribution in [0.25, 0.3) is 44.3 Å². The van der Waals surface area contributed by atoms with Crippen molar-refractivity contribution in [1.29, 1.82) is 5.26 Å². The second-order valence-corrected chi connectivity index (χ2v) is 14.8. The van der Waals surface area contributed by atoms with Crippen LogP contribution in [-0.4, -0.2) is 13.1 Å². The Balaban J connectivity index is 1.35. The van der Waals surface area contributed by atoms with Gasteiger partial charge in [-0.1, -0.05) is 110 Å². The zero-order valence-corrected chi connectivity index (χ0v) is 24.4. The minimum Gasteiger partial charge on any atom is -0.454 e. The molecule has 0 N–H and O–H groups in total. The van der Waals surface area contributed by atoms with Crippen molar-refractivity contribution in [2.24, 2.45) is 0 Å². The minimum atomic E-state index is -2.66. The summed E-state index contributed by atoms with van der Waals surface area (Å²) in [5, 5.41) is 15.8. The molecule has 0 aliphatic rings. The zero-order chi connectivity index (χ0) is 34.6. The van der Waals surface area contributed by atoms with E-state index in [1.165, 1.54) is 21.6 Å². The maximum atomic E-state index is 10.5. The Morgan fingerprint density at radius 3 is 1.98 bits per heavy atom. The highest BCUT2D eigenvalue weighted by atomic mass is 28.3. The molecule has 0 aliphatic heterocycles. The number of aryl methyl sites for hydroxylation is 2. The number of rotatable bonds is 5. The highest BCUT2D eigenvalue weighted by Crippen LogP contribution is 2.39. The quantitative estimate of drug-likeness (QED) is 0.155. The Bertz CT molecular complexity index is 2340. The van der Waals surface area contributed by atoms with Gasteiger partial charge in [-0.05, 0) is 64.2 Å². The number of nitrogens with zero attached hydrogens (tertiary/aromatic N) is 2. The van der Waals surface area contributed by atoms with Crippen LogP contribution in [0.2, 0.25) is 6.55 Å². The highest BCUT2D eigenvalue weighted by Gasteiger charge is 2.34. The van der Waals surface area contributed by atoms with E-state index in [2.05, 4.69) is 90.4 Å². The fourth-order valence-electron chi connectivity index (χ4n) is 6.04. The molecule has 7 aromatic rings. The summed E-state index contributed by atoms with van der Waals surface area (Å²) in [5.41, 5.74) is 3.00. The van der Waals surface area contributed by atoms with Crippen LogP contribution in [0.1, 0.15) is 24.9 Å². The van der Waals surface area contributed by atoms with Crippen LogP contribution < -0.4 is 15.6 Å². The van der Waals surface area contributed by atoms with E-state index < -0.39 is 21.8 Å². The lowest BCUT2D eigenvalue weighted by molar-refractivity contribution is 0.668. The van der Waals surface area contributed by atoms with Crippen molar-refractivity contribution < 1.29 is 12.6 Å². The van der Waals surface area contributed by atoms with Crippen LogP contribution in [0.15, 0.2) is 132 Å². The van der Waals surface area contributed by atoms with Gasteiger partial charge in [-0.2, -0.15) is 5.26 Å². The van der Waals surface area contributed by atoms with Crippen LogP contribution >= 0.6 is 0 Å². The summed E-state index contributed by atoms with van der Waals surface area (Å²) in [7, 11) is -2.31. The molecule has 0 aliphatic carbocycles. The summed E-state index contributed by atoms with van der Waals surface area (Å²) < 4.78 is 53.9. The third kappa shape index (κ3) is 4.37. The Kier molecular flexibility index (Phi) is 5.05. The summed E-state index contributed by atoms with van der Waals surface area (Å²) in [6.07, 6.45) is 1.11. The first-order valence-corrected chi connectivity index (χ1v) is 16.5. The summed E-state index contributed by atoms with van der Waals surface area (Å²) in [5.74, 6) is 0. The van der Waals surface area contributed by atoms with Crippen LogP contribution in [0.4, 0.5) is 0 Å². The van der Waals surface area contributed by atoms with Gasteiger partial charge in [-0.15, -0.1) is 0 Å². The predicted molar refractivity (Wildman–Crippen MR) is 180 cm³/mol. The van der Waals surface area contributed by atoms with Crippen molar-refractivity contribution in [3.8, 4) is 28.5 Å². The molecular weight excluding hydrogens is 541 g/mol. The maximum absolute atomic E-state index is 10.5. The van der Waals surface area contributed by atoms with Gasteiger partial charge in [-0.3, -0.25) is 4.98 Å². The summed E-state index contributed by atoms with van der Waals surface area (Å²) in [4.78, 5) is 4.36. The maximum Gasteiger partial charge on any atom is 0.153 e. The molecule has 2 heterocycles. The van der Waals surface area contributed by atoms with Gasteiger partial charge in [0.05, 0.1) is 5.69 Å². The number of hydrogen-bond donors (Lipinski definition) is 0. The molecule has 0 spiro atoms. The van der Waals surface area contributed by atoms with Gasteiger partial charge >= 0.3 is 0 Å². The van der Waals surface area contributed by atoms with Gasteiger partial charge in [-0.25, -0.2) is 0 Å². The molecule has 0 amide bonds. The molecule has 7 rings (SSSR count).